The first-order valence-electron chi connectivity index (χ1n) is 5.73. The van der Waals surface area contributed by atoms with Crippen LogP contribution in [0.1, 0.15) is 20.3 Å². The molecular formula is C12H19NO5. The third-order valence-corrected chi connectivity index (χ3v) is 3.53. The van der Waals surface area contributed by atoms with Gasteiger partial charge in [0.1, 0.15) is 6.61 Å². The molecule has 1 rings (SSSR count). The highest BCUT2D eigenvalue weighted by Crippen LogP contribution is 2.38. The maximum Gasteiger partial charge on any atom is 0.410 e. The Balaban J connectivity index is 2.73. The van der Waals surface area contributed by atoms with E-state index in [4.69, 9.17) is 9.84 Å². The van der Waals surface area contributed by atoms with Crippen molar-refractivity contribution in [3.8, 4) is 0 Å². The van der Waals surface area contributed by atoms with E-state index in [0.717, 1.165) is 0 Å². The summed E-state index contributed by atoms with van der Waals surface area (Å²) in [4.78, 5) is 24.1. The number of rotatable bonds is 4. The van der Waals surface area contributed by atoms with Crippen LogP contribution in [-0.2, 0) is 9.53 Å². The molecule has 0 aliphatic carbocycles. The Morgan fingerprint density at radius 3 is 2.67 bits per heavy atom. The fourth-order valence-electron chi connectivity index (χ4n) is 1.88. The zero-order chi connectivity index (χ0) is 14.0. The van der Waals surface area contributed by atoms with Crippen molar-refractivity contribution in [1.82, 2.24) is 4.90 Å². The van der Waals surface area contributed by atoms with E-state index in [9.17, 15) is 14.7 Å². The van der Waals surface area contributed by atoms with Gasteiger partial charge in [-0.05, 0) is 20.3 Å². The van der Waals surface area contributed by atoms with Crippen LogP contribution >= 0.6 is 0 Å². The third kappa shape index (κ3) is 2.48. The number of carbonyl (C=O) groups excluding carboxylic acids is 1. The van der Waals surface area contributed by atoms with Crippen LogP contribution in [0, 0.1) is 5.41 Å². The topological polar surface area (TPSA) is 87.1 Å². The first kappa shape index (κ1) is 14.5. The summed E-state index contributed by atoms with van der Waals surface area (Å²) in [6, 6.07) is 0. The van der Waals surface area contributed by atoms with Crippen molar-refractivity contribution in [3.63, 3.8) is 0 Å². The molecule has 0 bridgehead atoms. The number of carboxylic acid groups (broad SMARTS) is 1. The average Bonchev–Trinajstić information content (AvgIpc) is 2.70. The lowest BCUT2D eigenvalue weighted by molar-refractivity contribution is -0.163. The van der Waals surface area contributed by atoms with Crippen LogP contribution in [0.25, 0.3) is 0 Å². The fraction of sp³-hybridized carbons (Fsp3) is 0.667. The summed E-state index contributed by atoms with van der Waals surface area (Å²) in [6.45, 7) is 6.67. The molecule has 1 atom stereocenters. The molecule has 1 heterocycles. The van der Waals surface area contributed by atoms with E-state index >= 15 is 0 Å². The first-order chi connectivity index (χ1) is 8.24. The number of ether oxygens (including phenoxy) is 1. The van der Waals surface area contributed by atoms with Crippen molar-refractivity contribution in [3.05, 3.63) is 12.7 Å². The zero-order valence-electron chi connectivity index (χ0n) is 10.7. The van der Waals surface area contributed by atoms with E-state index < -0.39 is 23.1 Å². The summed E-state index contributed by atoms with van der Waals surface area (Å²) in [5.41, 5.74) is -2.76. The number of carboxylic acids is 1. The van der Waals surface area contributed by atoms with Crippen molar-refractivity contribution in [2.45, 2.75) is 25.9 Å². The lowest BCUT2D eigenvalue weighted by Gasteiger charge is -2.35. The lowest BCUT2D eigenvalue weighted by Crippen LogP contribution is -2.51. The number of β-amino-alcohol motifs (C(OH)–C–C–N with tert-alkyl or cyclic N) is 1. The average molecular weight is 257 g/mol. The molecule has 18 heavy (non-hydrogen) atoms. The molecule has 6 heteroatoms. The van der Waals surface area contributed by atoms with Crippen LogP contribution in [0.5, 0.6) is 0 Å². The molecule has 1 fully saturated rings. The zero-order valence-corrected chi connectivity index (χ0v) is 10.7. The van der Waals surface area contributed by atoms with Gasteiger partial charge in [-0.3, -0.25) is 4.79 Å². The van der Waals surface area contributed by atoms with Gasteiger partial charge >= 0.3 is 12.1 Å². The van der Waals surface area contributed by atoms with Crippen molar-refractivity contribution >= 4 is 12.1 Å². The molecule has 0 aromatic heterocycles. The molecule has 0 saturated carbocycles. The van der Waals surface area contributed by atoms with Crippen LogP contribution in [0.4, 0.5) is 4.79 Å². The number of aliphatic hydroxyl groups is 1. The summed E-state index contributed by atoms with van der Waals surface area (Å²) < 4.78 is 4.85. The minimum atomic E-state index is -1.44. The number of likely N-dealkylation sites (tertiary alicyclic amines) is 1. The van der Waals surface area contributed by atoms with E-state index in [-0.39, 0.29) is 26.1 Å². The van der Waals surface area contributed by atoms with Gasteiger partial charge in [-0.1, -0.05) is 12.7 Å². The van der Waals surface area contributed by atoms with Crippen LogP contribution in [0.2, 0.25) is 0 Å². The number of amides is 1. The normalized spacial score (nSPS) is 23.8. The molecule has 0 radical (unpaired) electrons. The number of hydrogen-bond donors (Lipinski definition) is 2. The highest BCUT2D eigenvalue weighted by Gasteiger charge is 2.53. The van der Waals surface area contributed by atoms with Crippen LogP contribution in [0.3, 0.4) is 0 Å². The predicted octanol–water partition coefficient (Wildman–Crippen LogP) is 0.857. The van der Waals surface area contributed by atoms with E-state index in [1.807, 2.05) is 0 Å². The van der Waals surface area contributed by atoms with Gasteiger partial charge in [0.25, 0.3) is 0 Å². The van der Waals surface area contributed by atoms with E-state index in [0.29, 0.717) is 0 Å². The van der Waals surface area contributed by atoms with E-state index in [2.05, 4.69) is 6.58 Å². The van der Waals surface area contributed by atoms with E-state index in [1.54, 1.807) is 0 Å². The van der Waals surface area contributed by atoms with Gasteiger partial charge in [0.15, 0.2) is 0 Å². The Morgan fingerprint density at radius 2 is 2.17 bits per heavy atom. The van der Waals surface area contributed by atoms with Crippen molar-refractivity contribution in [2.75, 3.05) is 19.7 Å². The maximum absolute atomic E-state index is 11.6. The molecular weight excluding hydrogens is 238 g/mol. The quantitative estimate of drug-likeness (QED) is 0.729. The summed E-state index contributed by atoms with van der Waals surface area (Å²) in [5, 5.41) is 19.5. The number of aliphatic carboxylic acids is 1. The van der Waals surface area contributed by atoms with Crippen molar-refractivity contribution in [2.24, 2.45) is 5.41 Å². The SMILES string of the molecule is C=CCOC(=O)N1CCC(O)(C(C)(C)C(=O)O)C1. The minimum Gasteiger partial charge on any atom is -0.481 e. The third-order valence-electron chi connectivity index (χ3n) is 3.53. The Labute approximate surface area is 106 Å². The van der Waals surface area contributed by atoms with Gasteiger partial charge in [0.05, 0.1) is 17.6 Å². The number of nitrogens with zero attached hydrogens (tertiary/aromatic N) is 1. The first-order valence-corrected chi connectivity index (χ1v) is 5.73. The molecule has 1 saturated heterocycles. The number of carbonyl (C=O) groups is 2. The molecule has 1 unspecified atom stereocenters. The molecule has 6 nitrogen and oxygen atoms in total. The summed E-state index contributed by atoms with van der Waals surface area (Å²) in [6.07, 6.45) is 1.10. The predicted molar refractivity (Wildman–Crippen MR) is 64.1 cm³/mol. The molecule has 0 spiro atoms. The molecule has 0 aromatic carbocycles. The van der Waals surface area contributed by atoms with Crippen LogP contribution in [-0.4, -0.2) is 52.5 Å². The molecule has 1 amide bonds. The van der Waals surface area contributed by atoms with E-state index in [1.165, 1.54) is 24.8 Å². The molecule has 2 N–H and O–H groups in total. The van der Waals surface area contributed by atoms with Gasteiger partial charge in [0, 0.05) is 6.54 Å². The lowest BCUT2D eigenvalue weighted by atomic mass is 9.74. The smallest absolute Gasteiger partial charge is 0.410 e. The van der Waals surface area contributed by atoms with Gasteiger partial charge in [-0.2, -0.15) is 0 Å². The molecule has 0 aromatic rings. The van der Waals surface area contributed by atoms with Crippen molar-refractivity contribution in [1.29, 1.82) is 0 Å². The Kier molecular flexibility index (Phi) is 4.01. The standard InChI is InChI=1S/C12H19NO5/c1-4-7-18-10(16)13-6-5-12(17,8-13)11(2,3)9(14)15/h4,17H,1,5-8H2,2-3H3,(H,14,15). The minimum absolute atomic E-state index is 0.0394. The maximum atomic E-state index is 11.6. The Morgan fingerprint density at radius 1 is 1.56 bits per heavy atom. The second-order valence-corrected chi connectivity index (χ2v) is 5.00. The summed E-state index contributed by atoms with van der Waals surface area (Å²) in [7, 11) is 0. The van der Waals surface area contributed by atoms with Crippen molar-refractivity contribution < 1.29 is 24.5 Å². The Bertz CT molecular complexity index is 365. The molecule has 1 aliphatic heterocycles. The van der Waals surface area contributed by atoms with Gasteiger partial charge in [0.2, 0.25) is 0 Å². The summed E-state index contributed by atoms with van der Waals surface area (Å²) >= 11 is 0. The largest absolute Gasteiger partial charge is 0.481 e. The van der Waals surface area contributed by atoms with Gasteiger partial charge in [-0.25, -0.2) is 4.79 Å². The highest BCUT2D eigenvalue weighted by molar-refractivity contribution is 5.76. The van der Waals surface area contributed by atoms with Crippen LogP contribution in [0.15, 0.2) is 12.7 Å². The van der Waals surface area contributed by atoms with Gasteiger partial charge in [-0.15, -0.1) is 0 Å². The second kappa shape index (κ2) is 4.97. The highest BCUT2D eigenvalue weighted by atomic mass is 16.6. The monoisotopic (exact) mass is 257 g/mol. The second-order valence-electron chi connectivity index (χ2n) is 5.00. The summed E-state index contributed by atoms with van der Waals surface area (Å²) in [5.74, 6) is -1.09. The van der Waals surface area contributed by atoms with Gasteiger partial charge < -0.3 is 19.8 Å². The number of hydrogen-bond acceptors (Lipinski definition) is 4. The molecule has 1 aliphatic rings. The fourth-order valence-corrected chi connectivity index (χ4v) is 1.88. The van der Waals surface area contributed by atoms with Crippen LogP contribution < -0.4 is 0 Å². The Hall–Kier alpha value is -1.56. The molecule has 102 valence electrons.